The fourth-order valence-electron chi connectivity index (χ4n) is 1.25. The summed E-state index contributed by atoms with van der Waals surface area (Å²) in [5.41, 5.74) is 6.69. The number of hydrogen-bond acceptors (Lipinski definition) is 3. The first-order valence-corrected chi connectivity index (χ1v) is 4.94. The minimum atomic E-state index is 0.606. The molecule has 0 spiro atoms. The third-order valence-electron chi connectivity index (χ3n) is 1.93. The summed E-state index contributed by atoms with van der Waals surface area (Å²) in [6.07, 6.45) is 3.74. The molecule has 0 amide bonds. The zero-order valence-electron chi connectivity index (χ0n) is 7.40. The van der Waals surface area contributed by atoms with Gasteiger partial charge >= 0.3 is 0 Å². The van der Waals surface area contributed by atoms with Crippen LogP contribution in [0.15, 0.2) is 23.8 Å². The number of imidazole rings is 1. The van der Waals surface area contributed by atoms with Gasteiger partial charge in [-0.05, 0) is 6.07 Å². The Morgan fingerprint density at radius 3 is 3.00 bits per heavy atom. The average molecular weight is 193 g/mol. The first kappa shape index (κ1) is 8.47. The average Bonchev–Trinajstić information content (AvgIpc) is 2.71. The Kier molecular flexibility index (Phi) is 2.16. The highest BCUT2D eigenvalue weighted by molar-refractivity contribution is 7.10. The van der Waals surface area contributed by atoms with Crippen LogP contribution in [0.2, 0.25) is 0 Å². The molecule has 0 saturated heterocycles. The van der Waals surface area contributed by atoms with Crippen LogP contribution in [0.5, 0.6) is 0 Å². The second kappa shape index (κ2) is 3.32. The van der Waals surface area contributed by atoms with Crippen molar-refractivity contribution >= 4 is 11.3 Å². The first-order valence-electron chi connectivity index (χ1n) is 4.06. The molecule has 0 radical (unpaired) electrons. The number of nitrogens with zero attached hydrogens (tertiary/aromatic N) is 2. The van der Waals surface area contributed by atoms with Crippen LogP contribution in [0.1, 0.15) is 4.88 Å². The van der Waals surface area contributed by atoms with E-state index >= 15 is 0 Å². The minimum absolute atomic E-state index is 0.606. The zero-order chi connectivity index (χ0) is 9.26. The Balaban J connectivity index is 2.41. The lowest BCUT2D eigenvalue weighted by molar-refractivity contribution is 0.925. The Morgan fingerprint density at radius 2 is 2.46 bits per heavy atom. The van der Waals surface area contributed by atoms with E-state index in [1.165, 1.54) is 4.88 Å². The second-order valence-electron chi connectivity index (χ2n) is 2.87. The molecule has 0 fully saturated rings. The van der Waals surface area contributed by atoms with Crippen molar-refractivity contribution in [2.45, 2.75) is 6.54 Å². The Hall–Kier alpha value is -1.13. The van der Waals surface area contributed by atoms with Crippen molar-refractivity contribution in [3.63, 3.8) is 0 Å². The smallest absolute Gasteiger partial charge is 0.140 e. The van der Waals surface area contributed by atoms with E-state index in [1.54, 1.807) is 17.5 Å². The fraction of sp³-hybridized carbons (Fsp3) is 0.222. The number of hydrogen-bond donors (Lipinski definition) is 1. The lowest BCUT2D eigenvalue weighted by Crippen LogP contribution is -1.92. The van der Waals surface area contributed by atoms with E-state index in [1.807, 2.05) is 17.8 Å². The molecule has 2 aromatic heterocycles. The van der Waals surface area contributed by atoms with E-state index in [4.69, 9.17) is 5.73 Å². The summed E-state index contributed by atoms with van der Waals surface area (Å²) in [5, 5.41) is 2.09. The van der Waals surface area contributed by atoms with Crippen LogP contribution < -0.4 is 5.73 Å². The summed E-state index contributed by atoms with van der Waals surface area (Å²) >= 11 is 1.68. The molecule has 2 heterocycles. The van der Waals surface area contributed by atoms with Gasteiger partial charge in [-0.2, -0.15) is 0 Å². The molecule has 0 unspecified atom stereocenters. The van der Waals surface area contributed by atoms with Gasteiger partial charge in [0.15, 0.2) is 0 Å². The topological polar surface area (TPSA) is 43.8 Å². The van der Waals surface area contributed by atoms with Crippen molar-refractivity contribution in [2.24, 2.45) is 12.8 Å². The maximum absolute atomic E-state index is 5.54. The lowest BCUT2D eigenvalue weighted by atomic mass is 10.3. The van der Waals surface area contributed by atoms with Crippen LogP contribution in [-0.2, 0) is 13.6 Å². The quantitative estimate of drug-likeness (QED) is 0.787. The van der Waals surface area contributed by atoms with Crippen molar-refractivity contribution < 1.29 is 0 Å². The second-order valence-corrected chi connectivity index (χ2v) is 3.86. The van der Waals surface area contributed by atoms with Gasteiger partial charge in [0.1, 0.15) is 5.82 Å². The number of aromatic nitrogens is 2. The predicted molar refractivity (Wildman–Crippen MR) is 54.4 cm³/mol. The molecule has 0 aliphatic heterocycles. The van der Waals surface area contributed by atoms with E-state index in [2.05, 4.69) is 16.4 Å². The summed E-state index contributed by atoms with van der Waals surface area (Å²) < 4.78 is 2.00. The van der Waals surface area contributed by atoms with E-state index in [0.717, 1.165) is 11.4 Å². The summed E-state index contributed by atoms with van der Waals surface area (Å²) in [7, 11) is 1.99. The highest BCUT2D eigenvalue weighted by Crippen LogP contribution is 2.23. The standard InChI is InChI=1S/C9H11N3S/c1-12-3-2-11-9(12)7-4-8(5-10)13-6-7/h2-4,6H,5,10H2,1H3. The normalized spacial score (nSPS) is 10.6. The monoisotopic (exact) mass is 193 g/mol. The molecule has 0 atom stereocenters. The predicted octanol–water partition coefficient (Wildman–Crippen LogP) is 1.61. The van der Waals surface area contributed by atoms with Crippen molar-refractivity contribution in [1.82, 2.24) is 9.55 Å². The maximum atomic E-state index is 5.54. The van der Waals surface area contributed by atoms with E-state index in [0.29, 0.717) is 6.54 Å². The molecule has 4 heteroatoms. The largest absolute Gasteiger partial charge is 0.334 e. The van der Waals surface area contributed by atoms with Crippen molar-refractivity contribution in [2.75, 3.05) is 0 Å². The van der Waals surface area contributed by atoms with Gasteiger partial charge in [-0.3, -0.25) is 0 Å². The fourth-order valence-corrected chi connectivity index (χ4v) is 1.99. The first-order chi connectivity index (χ1) is 6.31. The molecule has 3 nitrogen and oxygen atoms in total. The highest BCUT2D eigenvalue weighted by Gasteiger charge is 2.04. The van der Waals surface area contributed by atoms with Crippen LogP contribution >= 0.6 is 11.3 Å². The summed E-state index contributed by atoms with van der Waals surface area (Å²) in [6.45, 7) is 0.606. The van der Waals surface area contributed by atoms with Gasteiger partial charge in [0.05, 0.1) is 0 Å². The molecule has 68 valence electrons. The molecule has 0 aliphatic rings. The van der Waals surface area contributed by atoms with Crippen molar-refractivity contribution in [3.05, 3.63) is 28.7 Å². The van der Waals surface area contributed by atoms with Gasteiger partial charge < -0.3 is 10.3 Å². The molecule has 0 aliphatic carbocycles. The van der Waals surface area contributed by atoms with Gasteiger partial charge in [0, 0.05) is 41.8 Å². The van der Waals surface area contributed by atoms with Crippen LogP contribution in [0, 0.1) is 0 Å². The van der Waals surface area contributed by atoms with Crippen LogP contribution in [0.4, 0.5) is 0 Å². The van der Waals surface area contributed by atoms with E-state index in [-0.39, 0.29) is 0 Å². The third-order valence-corrected chi connectivity index (χ3v) is 2.89. The van der Waals surface area contributed by atoms with E-state index < -0.39 is 0 Å². The zero-order valence-corrected chi connectivity index (χ0v) is 8.21. The van der Waals surface area contributed by atoms with E-state index in [9.17, 15) is 0 Å². The van der Waals surface area contributed by atoms with Gasteiger partial charge in [-0.1, -0.05) is 0 Å². The summed E-state index contributed by atoms with van der Waals surface area (Å²) in [6, 6.07) is 2.09. The molecule has 0 bridgehead atoms. The maximum Gasteiger partial charge on any atom is 0.140 e. The highest BCUT2D eigenvalue weighted by atomic mass is 32.1. The van der Waals surface area contributed by atoms with Crippen molar-refractivity contribution in [1.29, 1.82) is 0 Å². The summed E-state index contributed by atoms with van der Waals surface area (Å²) in [5.74, 6) is 0.996. The van der Waals surface area contributed by atoms with Gasteiger partial charge in [0.2, 0.25) is 0 Å². The number of thiophene rings is 1. The van der Waals surface area contributed by atoms with Crippen LogP contribution in [-0.4, -0.2) is 9.55 Å². The Labute approximate surface area is 80.8 Å². The third kappa shape index (κ3) is 1.50. The van der Waals surface area contributed by atoms with Gasteiger partial charge in [-0.15, -0.1) is 11.3 Å². The SMILES string of the molecule is Cn1ccnc1-c1csc(CN)c1. The molecule has 2 N–H and O–H groups in total. The molecule has 13 heavy (non-hydrogen) atoms. The molecule has 0 saturated carbocycles. The molecular formula is C9H11N3S. The minimum Gasteiger partial charge on any atom is -0.334 e. The van der Waals surface area contributed by atoms with Crippen LogP contribution in [0.25, 0.3) is 11.4 Å². The number of nitrogens with two attached hydrogens (primary N) is 1. The van der Waals surface area contributed by atoms with Crippen molar-refractivity contribution in [3.8, 4) is 11.4 Å². The van der Waals surface area contributed by atoms with Crippen LogP contribution in [0.3, 0.4) is 0 Å². The Morgan fingerprint density at radius 1 is 1.62 bits per heavy atom. The molecule has 2 rings (SSSR count). The number of rotatable bonds is 2. The Bertz CT molecular complexity index is 402. The summed E-state index contributed by atoms with van der Waals surface area (Å²) in [4.78, 5) is 5.46. The lowest BCUT2D eigenvalue weighted by Gasteiger charge is -1.96. The van der Waals surface area contributed by atoms with Gasteiger partial charge in [0.25, 0.3) is 0 Å². The number of aryl methyl sites for hydroxylation is 1. The molecule has 0 aromatic carbocycles. The molecule has 2 aromatic rings. The van der Waals surface area contributed by atoms with Gasteiger partial charge in [-0.25, -0.2) is 4.98 Å². The molecular weight excluding hydrogens is 182 g/mol.